The standard InChI is InChI=1S/C21H20.C19H24.C19H20.C18H21Cl.C18H22.C17H18F2.C17H20/c1-6-16-10-8-12-18(14-16)20(21(3,4)5)19-13-9-11-17(7-2)15-19;1-14-8-6-10-16(12-14)18(19(3,4)5)17-11-7-9-15(2)13-17;1-5-15-10-9-13-17(14-15)18(19(2,3)4)16-11-7-6-8-12-16;1-13-7-5-8-14(11-13)17(18(2,3)4)15-9-6-10-16(19)12-15;1-14-9-8-12-16(13-14)17(18(2,3)4)15-10-6-5-7-11-15;1-17(2,3)16(12-6-4-8-14(18)10-12)13-7-5-9-15(19)11-13;1-17(2,3)16(14-10-6-4-7-11-14)15-12-8-5-9-13-15/h1-2,8-15,20H,3-5H3;6-13,18H,1-5H3;1,6-14,18H,2-4H3;5-12,17H,1-4H3;5-13,17H,1-4H3;4-11,16H,1-3H3;4-13,16H,1-3H3. The second kappa shape index (κ2) is 47.8. The van der Waals surface area contributed by atoms with Gasteiger partial charge >= 0.3 is 0 Å². The largest absolute Gasteiger partial charge is 0.207 e. The molecule has 0 aliphatic rings. The second-order valence-electron chi connectivity index (χ2n) is 42.9. The van der Waals surface area contributed by atoms with Crippen LogP contribution in [0.4, 0.5) is 8.78 Å². The Hall–Kier alpha value is -12.1. The van der Waals surface area contributed by atoms with Crippen LogP contribution in [0.2, 0.25) is 5.02 Å². The molecule has 3 heteroatoms. The second-order valence-corrected chi connectivity index (χ2v) is 43.3. The van der Waals surface area contributed by atoms with Crippen molar-refractivity contribution in [2.24, 2.45) is 37.9 Å². The SMILES string of the molecule is C#Cc1cccc(C(c2cccc(C#C)c2)C(C)(C)C)c1.C#Cc1cccc(C(c2ccccc2)C(C)(C)C)c1.CC(C)(C)C(c1cccc(F)c1)c1cccc(F)c1.CC(C)(C)C(c1ccccc1)c1ccccc1.Cc1cccc(C(c2cccc(C)c2)C(C)(C)C)c1.Cc1cccc(C(c2cccc(Cl)c2)C(C)(C)C)c1.Cc1cccc(C(c2ccccc2)C(C)(C)C)c1. The first-order valence-electron chi connectivity index (χ1n) is 46.6. The van der Waals surface area contributed by atoms with Crippen LogP contribution in [0.25, 0.3) is 0 Å². The monoisotopic (exact) mass is 1770 g/mol. The van der Waals surface area contributed by atoms with E-state index in [4.69, 9.17) is 30.9 Å². The lowest BCUT2D eigenvalue weighted by Crippen LogP contribution is -2.20. The predicted octanol–water partition coefficient (Wildman–Crippen LogP) is 36.2. The first kappa shape index (κ1) is 105. The molecule has 0 aromatic heterocycles. The Balaban J connectivity index is 0.000000190. The molecule has 0 spiro atoms. The summed E-state index contributed by atoms with van der Waals surface area (Å²) in [5.41, 5.74) is 26.9. The molecule has 14 aromatic carbocycles. The van der Waals surface area contributed by atoms with Gasteiger partial charge in [-0.2, -0.15) is 0 Å². The van der Waals surface area contributed by atoms with E-state index in [1.807, 2.05) is 60.7 Å². The smallest absolute Gasteiger partial charge is 0.123 e. The fourth-order valence-electron chi connectivity index (χ4n) is 18.8. The van der Waals surface area contributed by atoms with Crippen molar-refractivity contribution in [2.75, 3.05) is 0 Å². The topological polar surface area (TPSA) is 0 Å². The van der Waals surface area contributed by atoms with Crippen LogP contribution in [0.15, 0.2) is 364 Å². The van der Waals surface area contributed by atoms with E-state index in [2.05, 4.69) is 458 Å². The van der Waals surface area contributed by atoms with Crippen molar-refractivity contribution < 1.29 is 8.78 Å². The Labute approximate surface area is 801 Å². The zero-order chi connectivity index (χ0) is 96.9. The van der Waals surface area contributed by atoms with Crippen molar-refractivity contribution in [3.63, 3.8) is 0 Å². The Morgan fingerprint density at radius 2 is 0.348 bits per heavy atom. The minimum Gasteiger partial charge on any atom is -0.207 e. The van der Waals surface area contributed by atoms with Gasteiger partial charge in [-0.1, -0.05) is 488 Å². The first-order valence-corrected chi connectivity index (χ1v) is 47.0. The van der Waals surface area contributed by atoms with Gasteiger partial charge in [0.15, 0.2) is 0 Å². The van der Waals surface area contributed by atoms with Gasteiger partial charge in [-0.05, 0) is 216 Å². The van der Waals surface area contributed by atoms with Gasteiger partial charge in [-0.3, -0.25) is 0 Å². The van der Waals surface area contributed by atoms with E-state index in [1.54, 1.807) is 12.1 Å². The number of hydrogen-bond acceptors (Lipinski definition) is 0. The van der Waals surface area contributed by atoms with Crippen LogP contribution < -0.4 is 0 Å². The lowest BCUT2D eigenvalue weighted by atomic mass is 9.72. The Bertz CT molecular complexity index is 5550. The molecule has 0 heterocycles. The summed E-state index contributed by atoms with van der Waals surface area (Å²) in [6, 6.07) is 124. The van der Waals surface area contributed by atoms with Gasteiger partial charge in [0, 0.05) is 63.1 Å². The maximum atomic E-state index is 13.4. The molecule has 0 bridgehead atoms. The van der Waals surface area contributed by atoms with Crippen molar-refractivity contribution in [1.29, 1.82) is 0 Å². The molecular weight excluding hydrogens is 1620 g/mol. The van der Waals surface area contributed by atoms with Gasteiger partial charge in [-0.15, -0.1) is 19.3 Å². The van der Waals surface area contributed by atoms with Crippen LogP contribution in [0.5, 0.6) is 0 Å². The fraction of sp³-hybridized carbons (Fsp3) is 0.302. The predicted molar refractivity (Wildman–Crippen MR) is 567 cm³/mol. The van der Waals surface area contributed by atoms with Crippen molar-refractivity contribution in [2.45, 2.75) is 215 Å². The summed E-state index contributed by atoms with van der Waals surface area (Å²) in [6.07, 6.45) is 16.6. The summed E-state index contributed by atoms with van der Waals surface area (Å²) in [5.74, 6) is 9.87. The van der Waals surface area contributed by atoms with Gasteiger partial charge in [0.25, 0.3) is 0 Å². The Morgan fingerprint density at radius 1 is 0.189 bits per heavy atom. The van der Waals surface area contributed by atoms with Crippen molar-refractivity contribution in [3.8, 4) is 37.0 Å². The summed E-state index contributed by atoms with van der Waals surface area (Å²) in [7, 11) is 0. The molecular formula is C129H145ClF2. The highest BCUT2D eigenvalue weighted by molar-refractivity contribution is 6.30. The number of halogens is 3. The van der Waals surface area contributed by atoms with Crippen molar-refractivity contribution in [1.82, 2.24) is 0 Å². The number of rotatable bonds is 14. The van der Waals surface area contributed by atoms with Gasteiger partial charge < -0.3 is 0 Å². The molecule has 0 aliphatic heterocycles. The van der Waals surface area contributed by atoms with E-state index in [9.17, 15) is 8.78 Å². The average molecular weight is 1770 g/mol. The van der Waals surface area contributed by atoms with Crippen LogP contribution in [0, 0.1) is 114 Å². The van der Waals surface area contributed by atoms with Gasteiger partial charge in [0.05, 0.1) is 0 Å². The molecule has 0 amide bonds. The molecule has 0 saturated carbocycles. The quantitative estimate of drug-likeness (QED) is 0.0952. The molecule has 0 nitrogen and oxygen atoms in total. The highest BCUT2D eigenvalue weighted by Gasteiger charge is 2.35. The van der Waals surface area contributed by atoms with Gasteiger partial charge in [0.1, 0.15) is 11.6 Å². The first-order chi connectivity index (χ1) is 62.2. The van der Waals surface area contributed by atoms with Gasteiger partial charge in [0.2, 0.25) is 0 Å². The van der Waals surface area contributed by atoms with Crippen LogP contribution >= 0.6 is 11.6 Å². The van der Waals surface area contributed by atoms with E-state index in [1.165, 1.54) is 113 Å². The number of aryl methyl sites for hydroxylation is 4. The van der Waals surface area contributed by atoms with Crippen molar-refractivity contribution in [3.05, 3.63) is 497 Å². The normalized spacial score (nSPS) is 12.2. The minimum atomic E-state index is -0.261. The highest BCUT2D eigenvalue weighted by Crippen LogP contribution is 2.48. The summed E-state index contributed by atoms with van der Waals surface area (Å²) < 4.78 is 26.9. The minimum absolute atomic E-state index is 0.0427. The molecule has 132 heavy (non-hydrogen) atoms. The van der Waals surface area contributed by atoms with E-state index < -0.39 is 0 Å². The zero-order valence-corrected chi connectivity index (χ0v) is 84.3. The molecule has 3 atom stereocenters. The fourth-order valence-corrected chi connectivity index (χ4v) is 19.0. The molecule has 0 aliphatic carbocycles. The number of hydrogen-bond donors (Lipinski definition) is 0. The summed E-state index contributed by atoms with van der Waals surface area (Å²) in [6.45, 7) is 56.0. The molecule has 3 unspecified atom stereocenters. The molecule has 0 fully saturated rings. The molecule has 0 radical (unpaired) electrons. The lowest BCUT2D eigenvalue weighted by Gasteiger charge is -2.32. The third kappa shape index (κ3) is 32.1. The number of terminal acetylenes is 3. The Morgan fingerprint density at radius 3 is 0.538 bits per heavy atom. The van der Waals surface area contributed by atoms with E-state index in [-0.39, 0.29) is 61.4 Å². The molecule has 0 N–H and O–H groups in total. The maximum absolute atomic E-state index is 13.4. The van der Waals surface area contributed by atoms with E-state index >= 15 is 0 Å². The highest BCUT2D eigenvalue weighted by atomic mass is 35.5. The number of benzene rings is 14. The lowest BCUT2D eigenvalue weighted by molar-refractivity contribution is 0.357. The summed E-state index contributed by atoms with van der Waals surface area (Å²) >= 11 is 6.16. The van der Waals surface area contributed by atoms with Crippen LogP contribution in [0.1, 0.15) is 304 Å². The maximum Gasteiger partial charge on any atom is 0.123 e. The third-order valence-electron chi connectivity index (χ3n) is 23.8. The van der Waals surface area contributed by atoms with Crippen LogP contribution in [-0.2, 0) is 0 Å². The summed E-state index contributed by atoms with van der Waals surface area (Å²) in [4.78, 5) is 0. The molecule has 0 saturated heterocycles. The Kier molecular flexibility index (Phi) is 38.1. The average Bonchev–Trinajstić information content (AvgIpc) is 0.767. The molecule has 14 aromatic rings. The van der Waals surface area contributed by atoms with Gasteiger partial charge in [-0.25, -0.2) is 8.78 Å². The zero-order valence-electron chi connectivity index (χ0n) is 83.5. The summed E-state index contributed by atoms with van der Waals surface area (Å²) in [5, 5.41) is 0.805. The third-order valence-corrected chi connectivity index (χ3v) is 24.0. The van der Waals surface area contributed by atoms with Crippen molar-refractivity contribution >= 4 is 11.6 Å². The van der Waals surface area contributed by atoms with E-state index in [0.29, 0.717) is 29.6 Å². The van der Waals surface area contributed by atoms with Crippen LogP contribution in [0.3, 0.4) is 0 Å². The molecule has 682 valence electrons. The molecule has 14 rings (SSSR count). The van der Waals surface area contributed by atoms with Crippen LogP contribution in [-0.4, -0.2) is 0 Å². The van der Waals surface area contributed by atoms with E-state index in [0.717, 1.165) is 32.8 Å².